The molecule has 0 aliphatic carbocycles. The summed E-state index contributed by atoms with van der Waals surface area (Å²) < 4.78 is 5.63. The minimum Gasteiger partial charge on any atom is -0.496 e. The molecule has 2 bridgehead atoms. The molecule has 3 atom stereocenters. The Morgan fingerprint density at radius 3 is 2.69 bits per heavy atom. The largest absolute Gasteiger partial charge is 0.496 e. The molecule has 162 valence electrons. The quantitative estimate of drug-likeness (QED) is 0.612. The van der Waals surface area contributed by atoms with Gasteiger partial charge in [-0.25, -0.2) is 0 Å². The van der Waals surface area contributed by atoms with Gasteiger partial charge in [-0.3, -0.25) is 9.59 Å². The predicted octanol–water partition coefficient (Wildman–Crippen LogP) is 4.35. The molecule has 3 aromatic carbocycles. The van der Waals surface area contributed by atoms with Crippen LogP contribution in [0.3, 0.4) is 0 Å². The molecule has 0 spiro atoms. The Hall–Kier alpha value is -3.34. The minimum absolute atomic E-state index is 0.0240. The Kier molecular flexibility index (Phi) is 4.46. The van der Waals surface area contributed by atoms with Gasteiger partial charge in [0.25, 0.3) is 5.91 Å². The first-order valence-corrected chi connectivity index (χ1v) is 11.5. The summed E-state index contributed by atoms with van der Waals surface area (Å²) in [5, 5.41) is 1.99. The monoisotopic (exact) mass is 426 g/mol. The highest BCUT2D eigenvalue weighted by molar-refractivity contribution is 6.08. The van der Waals surface area contributed by atoms with Crippen LogP contribution in [0.4, 0.5) is 0 Å². The van der Waals surface area contributed by atoms with Gasteiger partial charge in [-0.1, -0.05) is 48.5 Å². The van der Waals surface area contributed by atoms with Crippen LogP contribution in [0.25, 0.3) is 10.8 Å². The SMILES string of the molecule is COc1cccc2c1CCN1C(=O)C3CCCC(C21)N3C(=O)c1cccc2ccccc12. The molecule has 0 N–H and O–H groups in total. The highest BCUT2D eigenvalue weighted by Crippen LogP contribution is 2.46. The zero-order valence-electron chi connectivity index (χ0n) is 18.2. The zero-order chi connectivity index (χ0) is 21.8. The number of nitrogens with zero attached hydrogens (tertiary/aromatic N) is 2. The summed E-state index contributed by atoms with van der Waals surface area (Å²) in [7, 11) is 1.70. The van der Waals surface area contributed by atoms with Gasteiger partial charge in [0.1, 0.15) is 11.8 Å². The maximum absolute atomic E-state index is 14.0. The van der Waals surface area contributed by atoms with E-state index in [0.717, 1.165) is 47.8 Å². The lowest BCUT2D eigenvalue weighted by atomic mass is 9.78. The third-order valence-corrected chi connectivity index (χ3v) is 7.50. The van der Waals surface area contributed by atoms with Gasteiger partial charge in [0.2, 0.25) is 5.91 Å². The first-order chi connectivity index (χ1) is 15.7. The Balaban J connectivity index is 1.48. The summed E-state index contributed by atoms with van der Waals surface area (Å²) in [6, 6.07) is 19.4. The standard InChI is InChI=1S/C27H26N2O3/c1-32-24-14-5-10-20-19(24)15-16-28-25(20)22-12-6-13-23(27(28)31)29(22)26(30)21-11-4-8-17-7-2-3-9-18(17)21/h2-5,7-11,14,22-23,25H,6,12-13,15-16H2,1H3. The summed E-state index contributed by atoms with van der Waals surface area (Å²) in [6.07, 6.45) is 3.39. The summed E-state index contributed by atoms with van der Waals surface area (Å²) in [5.41, 5.74) is 2.98. The van der Waals surface area contributed by atoms with Crippen LogP contribution in [0.2, 0.25) is 0 Å². The molecule has 2 saturated heterocycles. The number of hydrogen-bond donors (Lipinski definition) is 0. The van der Waals surface area contributed by atoms with Crippen LogP contribution < -0.4 is 4.74 Å². The topological polar surface area (TPSA) is 49.9 Å². The lowest BCUT2D eigenvalue weighted by molar-refractivity contribution is -0.152. The molecular weight excluding hydrogens is 400 g/mol. The molecule has 3 aliphatic heterocycles. The Bertz CT molecular complexity index is 1230. The summed E-state index contributed by atoms with van der Waals surface area (Å²) in [4.78, 5) is 31.6. The number of hydrogen-bond acceptors (Lipinski definition) is 3. The molecule has 5 nitrogen and oxygen atoms in total. The summed E-state index contributed by atoms with van der Waals surface area (Å²) in [6.45, 7) is 0.681. The van der Waals surface area contributed by atoms with Gasteiger partial charge in [0.15, 0.2) is 0 Å². The number of methoxy groups -OCH3 is 1. The van der Waals surface area contributed by atoms with Crippen molar-refractivity contribution in [1.29, 1.82) is 0 Å². The first kappa shape index (κ1) is 19.4. The van der Waals surface area contributed by atoms with Crippen LogP contribution in [-0.2, 0) is 11.2 Å². The van der Waals surface area contributed by atoms with Gasteiger partial charge in [-0.2, -0.15) is 0 Å². The van der Waals surface area contributed by atoms with E-state index in [1.807, 2.05) is 64.4 Å². The number of ether oxygens (including phenoxy) is 1. The second-order valence-corrected chi connectivity index (χ2v) is 9.01. The fourth-order valence-electron chi connectivity index (χ4n) is 6.14. The third kappa shape index (κ3) is 2.70. The van der Waals surface area contributed by atoms with Crippen molar-refractivity contribution >= 4 is 22.6 Å². The number of amides is 2. The second-order valence-electron chi connectivity index (χ2n) is 9.01. The fraction of sp³-hybridized carbons (Fsp3) is 0.333. The van der Waals surface area contributed by atoms with Gasteiger partial charge in [0, 0.05) is 17.7 Å². The molecule has 3 aliphatic rings. The molecule has 0 aromatic heterocycles. The number of piperazine rings is 1. The number of carbonyl (C=O) groups excluding carboxylic acids is 2. The van der Waals surface area contributed by atoms with E-state index in [0.29, 0.717) is 12.1 Å². The molecule has 3 aromatic rings. The van der Waals surface area contributed by atoms with Crippen molar-refractivity contribution in [3.63, 3.8) is 0 Å². The minimum atomic E-state index is -0.372. The van der Waals surface area contributed by atoms with E-state index in [1.54, 1.807) is 7.11 Å². The van der Waals surface area contributed by atoms with Crippen LogP contribution in [0.5, 0.6) is 5.75 Å². The van der Waals surface area contributed by atoms with Crippen LogP contribution in [-0.4, -0.2) is 47.4 Å². The van der Waals surface area contributed by atoms with Crippen molar-refractivity contribution < 1.29 is 14.3 Å². The van der Waals surface area contributed by atoms with Crippen LogP contribution >= 0.6 is 0 Å². The molecule has 32 heavy (non-hydrogen) atoms. The van der Waals surface area contributed by atoms with E-state index in [9.17, 15) is 9.59 Å². The molecule has 5 heteroatoms. The molecule has 6 rings (SSSR count). The predicted molar refractivity (Wildman–Crippen MR) is 123 cm³/mol. The number of benzene rings is 3. The maximum Gasteiger partial charge on any atom is 0.255 e. The highest BCUT2D eigenvalue weighted by Gasteiger charge is 2.52. The van der Waals surface area contributed by atoms with Crippen molar-refractivity contribution in [2.24, 2.45) is 0 Å². The Morgan fingerprint density at radius 2 is 1.81 bits per heavy atom. The normalized spacial score (nSPS) is 24.2. The number of carbonyl (C=O) groups is 2. The van der Waals surface area contributed by atoms with E-state index in [-0.39, 0.29) is 29.9 Å². The Labute approximate surface area is 187 Å². The summed E-state index contributed by atoms with van der Waals surface area (Å²) in [5.74, 6) is 0.937. The lowest BCUT2D eigenvalue weighted by Gasteiger charge is -2.55. The van der Waals surface area contributed by atoms with Crippen LogP contribution in [0.1, 0.15) is 46.8 Å². The van der Waals surface area contributed by atoms with Gasteiger partial charge >= 0.3 is 0 Å². The number of fused-ring (bicyclic) bond motifs is 7. The Morgan fingerprint density at radius 1 is 1.00 bits per heavy atom. The number of piperidine rings is 1. The molecule has 2 fully saturated rings. The van der Waals surface area contributed by atoms with Crippen LogP contribution in [0.15, 0.2) is 60.7 Å². The zero-order valence-corrected chi connectivity index (χ0v) is 18.2. The van der Waals surface area contributed by atoms with E-state index in [2.05, 4.69) is 6.07 Å². The summed E-state index contributed by atoms with van der Waals surface area (Å²) >= 11 is 0. The van der Waals surface area contributed by atoms with Crippen molar-refractivity contribution in [3.8, 4) is 5.75 Å². The van der Waals surface area contributed by atoms with Gasteiger partial charge in [0.05, 0.1) is 19.2 Å². The van der Waals surface area contributed by atoms with Crippen molar-refractivity contribution in [3.05, 3.63) is 77.4 Å². The first-order valence-electron chi connectivity index (χ1n) is 11.5. The molecule has 3 heterocycles. The third-order valence-electron chi connectivity index (χ3n) is 7.50. The average Bonchev–Trinajstić information content (AvgIpc) is 2.85. The molecule has 0 radical (unpaired) electrons. The second kappa shape index (κ2) is 7.37. The van der Waals surface area contributed by atoms with E-state index < -0.39 is 0 Å². The van der Waals surface area contributed by atoms with Crippen molar-refractivity contribution in [1.82, 2.24) is 9.80 Å². The highest BCUT2D eigenvalue weighted by atomic mass is 16.5. The smallest absolute Gasteiger partial charge is 0.255 e. The van der Waals surface area contributed by atoms with E-state index in [4.69, 9.17) is 4.74 Å². The molecular formula is C27H26N2O3. The number of rotatable bonds is 2. The van der Waals surface area contributed by atoms with E-state index in [1.165, 1.54) is 5.56 Å². The maximum atomic E-state index is 14.0. The average molecular weight is 427 g/mol. The van der Waals surface area contributed by atoms with Gasteiger partial charge in [-0.05, 0) is 54.2 Å². The lowest BCUT2D eigenvalue weighted by Crippen LogP contribution is -2.67. The fourth-order valence-corrected chi connectivity index (χ4v) is 6.14. The molecule has 3 unspecified atom stereocenters. The molecule has 2 amide bonds. The van der Waals surface area contributed by atoms with Crippen LogP contribution in [0, 0.1) is 0 Å². The van der Waals surface area contributed by atoms with Gasteiger partial charge < -0.3 is 14.5 Å². The van der Waals surface area contributed by atoms with E-state index >= 15 is 0 Å². The van der Waals surface area contributed by atoms with Crippen molar-refractivity contribution in [2.75, 3.05) is 13.7 Å². The molecule has 0 saturated carbocycles. The van der Waals surface area contributed by atoms with Crippen molar-refractivity contribution in [2.45, 2.75) is 43.8 Å². The van der Waals surface area contributed by atoms with Gasteiger partial charge in [-0.15, -0.1) is 0 Å².